The van der Waals surface area contributed by atoms with Crippen LogP contribution in [0.5, 0.6) is 5.75 Å². The minimum atomic E-state index is -0.500. The summed E-state index contributed by atoms with van der Waals surface area (Å²) in [6, 6.07) is 13.3. The number of anilines is 1. The van der Waals surface area contributed by atoms with Gasteiger partial charge in [0.25, 0.3) is 5.91 Å². The number of nitrogens with one attached hydrogen (secondary N) is 2. The average molecular weight is 311 g/mol. The molecule has 0 bridgehead atoms. The number of phenolic OH excluding ortho intramolecular Hbond substituents is 1. The van der Waals surface area contributed by atoms with Crippen LogP contribution in [-0.2, 0) is 4.79 Å². The molecule has 2 rings (SSSR count). The molecule has 0 unspecified atom stereocenters. The number of hydrogen-bond acceptors (Lipinski definition) is 4. The smallest absolute Gasteiger partial charge is 0.275 e. The van der Waals surface area contributed by atoms with Crippen molar-refractivity contribution in [3.8, 4) is 5.75 Å². The van der Waals surface area contributed by atoms with E-state index in [0.29, 0.717) is 11.4 Å². The third kappa shape index (κ3) is 4.41. The van der Waals surface area contributed by atoms with E-state index in [2.05, 4.69) is 15.8 Å². The van der Waals surface area contributed by atoms with Gasteiger partial charge < -0.3 is 10.4 Å². The molecule has 3 N–H and O–H groups in total. The molecule has 0 fully saturated rings. The lowest BCUT2D eigenvalue weighted by Gasteiger charge is -2.06. The van der Waals surface area contributed by atoms with Gasteiger partial charge in [-0.15, -0.1) is 0 Å². The lowest BCUT2D eigenvalue weighted by molar-refractivity contribution is -0.114. The topological polar surface area (TPSA) is 90.8 Å². The van der Waals surface area contributed by atoms with Gasteiger partial charge in [0, 0.05) is 12.6 Å². The van der Waals surface area contributed by atoms with E-state index in [9.17, 15) is 14.7 Å². The van der Waals surface area contributed by atoms with E-state index in [0.717, 1.165) is 5.56 Å². The molecule has 23 heavy (non-hydrogen) atoms. The van der Waals surface area contributed by atoms with Crippen molar-refractivity contribution in [2.75, 3.05) is 5.32 Å². The van der Waals surface area contributed by atoms with Crippen molar-refractivity contribution >= 4 is 23.2 Å². The highest BCUT2D eigenvalue weighted by atomic mass is 16.3. The maximum absolute atomic E-state index is 12.0. The van der Waals surface area contributed by atoms with E-state index in [1.54, 1.807) is 37.3 Å². The Morgan fingerprint density at radius 2 is 1.78 bits per heavy atom. The normalized spacial score (nSPS) is 11.0. The number of hydrogen-bond donors (Lipinski definition) is 3. The van der Waals surface area contributed by atoms with Crippen LogP contribution in [0.4, 0.5) is 5.69 Å². The summed E-state index contributed by atoms with van der Waals surface area (Å²) in [5, 5.41) is 16.3. The van der Waals surface area contributed by atoms with Crippen LogP contribution in [0.3, 0.4) is 0 Å². The van der Waals surface area contributed by atoms with Crippen molar-refractivity contribution in [1.82, 2.24) is 5.43 Å². The van der Waals surface area contributed by atoms with Gasteiger partial charge in [0.05, 0.1) is 11.3 Å². The van der Waals surface area contributed by atoms with Crippen LogP contribution in [0.1, 0.15) is 29.8 Å². The number of aromatic hydroxyl groups is 1. The molecule has 0 saturated carbocycles. The first kappa shape index (κ1) is 16.2. The van der Waals surface area contributed by atoms with E-state index in [-0.39, 0.29) is 17.2 Å². The number of carbonyl (C=O) groups excluding carboxylic acids is 2. The predicted octanol–water partition coefficient (Wildman–Crippen LogP) is 2.50. The van der Waals surface area contributed by atoms with Gasteiger partial charge in [-0.1, -0.05) is 24.3 Å². The summed E-state index contributed by atoms with van der Waals surface area (Å²) in [5.74, 6) is -0.768. The Balaban J connectivity index is 2.12. The van der Waals surface area contributed by atoms with Crippen molar-refractivity contribution in [2.24, 2.45) is 5.10 Å². The number of nitrogens with zero attached hydrogens (tertiary/aromatic N) is 1. The molecule has 118 valence electrons. The van der Waals surface area contributed by atoms with Gasteiger partial charge in [-0.2, -0.15) is 5.10 Å². The fourth-order valence-corrected chi connectivity index (χ4v) is 1.95. The first-order chi connectivity index (χ1) is 11.0. The van der Waals surface area contributed by atoms with E-state index in [4.69, 9.17) is 0 Å². The molecule has 0 radical (unpaired) electrons. The second kappa shape index (κ2) is 7.22. The Labute approximate surface area is 133 Å². The summed E-state index contributed by atoms with van der Waals surface area (Å²) in [4.78, 5) is 23.1. The third-order valence-corrected chi connectivity index (χ3v) is 3.07. The van der Waals surface area contributed by atoms with E-state index < -0.39 is 5.91 Å². The number of phenols is 1. The molecule has 0 aromatic heterocycles. The zero-order chi connectivity index (χ0) is 16.8. The van der Waals surface area contributed by atoms with Crippen LogP contribution in [0.25, 0.3) is 0 Å². The second-order valence-corrected chi connectivity index (χ2v) is 4.92. The molecule has 2 aromatic rings. The minimum absolute atomic E-state index is 0.106. The summed E-state index contributed by atoms with van der Waals surface area (Å²) in [7, 11) is 0. The van der Waals surface area contributed by atoms with Gasteiger partial charge in [-0.25, -0.2) is 5.43 Å². The highest BCUT2D eigenvalue weighted by Crippen LogP contribution is 2.15. The summed E-state index contributed by atoms with van der Waals surface area (Å²) in [6.45, 7) is 3.16. The van der Waals surface area contributed by atoms with Crippen molar-refractivity contribution in [3.63, 3.8) is 0 Å². The molecule has 0 aliphatic carbocycles. The molecular formula is C17H17N3O3. The highest BCUT2D eigenvalue weighted by molar-refractivity contribution is 6.02. The first-order valence-corrected chi connectivity index (χ1v) is 6.98. The van der Waals surface area contributed by atoms with Gasteiger partial charge >= 0.3 is 0 Å². The number of hydrazone groups is 1. The monoisotopic (exact) mass is 311 g/mol. The highest BCUT2D eigenvalue weighted by Gasteiger charge is 2.09. The zero-order valence-electron chi connectivity index (χ0n) is 12.8. The summed E-state index contributed by atoms with van der Waals surface area (Å²) < 4.78 is 0. The third-order valence-electron chi connectivity index (χ3n) is 3.07. The molecule has 0 spiro atoms. The number of rotatable bonds is 4. The Hall–Kier alpha value is -3.15. The summed E-state index contributed by atoms with van der Waals surface area (Å²) >= 11 is 0. The van der Waals surface area contributed by atoms with E-state index in [1.165, 1.54) is 19.1 Å². The van der Waals surface area contributed by atoms with Crippen LogP contribution >= 0.6 is 0 Å². The molecule has 0 aliphatic heterocycles. The van der Waals surface area contributed by atoms with Crippen LogP contribution in [-0.4, -0.2) is 22.6 Å². The predicted molar refractivity (Wildman–Crippen MR) is 88.5 cm³/mol. The van der Waals surface area contributed by atoms with Crippen molar-refractivity contribution < 1.29 is 14.7 Å². The average Bonchev–Trinajstić information content (AvgIpc) is 2.52. The molecule has 6 nitrogen and oxygen atoms in total. The van der Waals surface area contributed by atoms with Crippen molar-refractivity contribution in [3.05, 3.63) is 59.7 Å². The Bertz CT molecular complexity index is 769. The maximum Gasteiger partial charge on any atom is 0.275 e. The molecule has 0 aliphatic rings. The molecular weight excluding hydrogens is 294 g/mol. The van der Waals surface area contributed by atoms with Crippen molar-refractivity contribution in [2.45, 2.75) is 13.8 Å². The number of amides is 2. The second-order valence-electron chi connectivity index (χ2n) is 4.92. The van der Waals surface area contributed by atoms with E-state index in [1.807, 2.05) is 6.07 Å². The lowest BCUT2D eigenvalue weighted by atomic mass is 10.1. The van der Waals surface area contributed by atoms with Crippen LogP contribution in [0.2, 0.25) is 0 Å². The first-order valence-electron chi connectivity index (χ1n) is 6.98. The van der Waals surface area contributed by atoms with Gasteiger partial charge in [0.2, 0.25) is 5.91 Å². The van der Waals surface area contributed by atoms with Crippen LogP contribution in [0.15, 0.2) is 53.6 Å². The number of benzene rings is 2. The molecule has 2 aromatic carbocycles. The Kier molecular flexibility index (Phi) is 5.09. The SMILES string of the molecule is CC(=O)Nc1cccc(/C(C)=N\NC(=O)c2ccccc2O)c1. The lowest BCUT2D eigenvalue weighted by Crippen LogP contribution is -2.19. The van der Waals surface area contributed by atoms with Gasteiger partial charge in [0.15, 0.2) is 0 Å². The Morgan fingerprint density at radius 3 is 2.48 bits per heavy atom. The fourth-order valence-electron chi connectivity index (χ4n) is 1.95. The number of carbonyl (C=O) groups is 2. The molecule has 6 heteroatoms. The Morgan fingerprint density at radius 1 is 1.04 bits per heavy atom. The van der Waals surface area contributed by atoms with Crippen molar-refractivity contribution in [1.29, 1.82) is 0 Å². The summed E-state index contributed by atoms with van der Waals surface area (Å²) in [5.41, 5.74) is 4.53. The maximum atomic E-state index is 12.0. The summed E-state index contributed by atoms with van der Waals surface area (Å²) in [6.07, 6.45) is 0. The standard InChI is InChI=1S/C17H17N3O3/c1-11(13-6-5-7-14(10-13)18-12(2)21)19-20-17(23)15-8-3-4-9-16(15)22/h3-10,22H,1-2H3,(H,18,21)(H,20,23)/b19-11-. The fraction of sp³-hybridized carbons (Fsp3) is 0.118. The minimum Gasteiger partial charge on any atom is -0.507 e. The molecule has 0 saturated heterocycles. The largest absolute Gasteiger partial charge is 0.507 e. The number of para-hydroxylation sites is 1. The van der Waals surface area contributed by atoms with Crippen LogP contribution in [0, 0.1) is 0 Å². The van der Waals surface area contributed by atoms with Gasteiger partial charge in [-0.3, -0.25) is 9.59 Å². The molecule has 2 amide bonds. The van der Waals surface area contributed by atoms with E-state index >= 15 is 0 Å². The van der Waals surface area contributed by atoms with Crippen LogP contribution < -0.4 is 10.7 Å². The molecule has 0 heterocycles. The zero-order valence-corrected chi connectivity index (χ0v) is 12.8. The quantitative estimate of drug-likeness (QED) is 0.598. The molecule has 0 atom stereocenters. The van der Waals surface area contributed by atoms with Gasteiger partial charge in [-0.05, 0) is 36.8 Å². The van der Waals surface area contributed by atoms with Gasteiger partial charge in [0.1, 0.15) is 5.75 Å².